The van der Waals surface area contributed by atoms with E-state index in [1.165, 1.54) is 0 Å². The molecule has 0 aromatic carbocycles. The van der Waals surface area contributed by atoms with E-state index in [0.717, 1.165) is 0 Å². The van der Waals surface area contributed by atoms with Gasteiger partial charge in [-0.15, -0.1) is 0 Å². The largest absolute Gasteiger partial charge is 0.393 e. The van der Waals surface area contributed by atoms with Crippen LogP contribution >= 0.6 is 0 Å². The lowest BCUT2D eigenvalue weighted by molar-refractivity contribution is -0.155. The molecule has 5 atom stereocenters. The highest BCUT2D eigenvalue weighted by Crippen LogP contribution is 2.79. The second-order valence-corrected chi connectivity index (χ2v) is 5.26. The topological polar surface area (TPSA) is 55.9 Å². The predicted octanol–water partition coefficient (Wildman–Crippen LogP) is 0.420. The van der Waals surface area contributed by atoms with Crippen LogP contribution < -0.4 is 0 Å². The number of hydrogen-bond donors (Lipinski definition) is 0. The minimum atomic E-state index is -0.510. The minimum Gasteiger partial charge on any atom is -0.393 e. The fourth-order valence-corrected chi connectivity index (χ4v) is 3.91. The van der Waals surface area contributed by atoms with Crippen molar-refractivity contribution < 1.29 is 19.1 Å². The molecule has 4 nitrogen and oxygen atoms in total. The Morgan fingerprint density at radius 1 is 1.13 bits per heavy atom. The zero-order valence-corrected chi connectivity index (χ0v) is 8.44. The summed E-state index contributed by atoms with van der Waals surface area (Å²) in [6.45, 7) is 3.88. The summed E-state index contributed by atoms with van der Waals surface area (Å²) >= 11 is 0. The summed E-state index contributed by atoms with van der Waals surface area (Å²) in [6.07, 6.45) is 3.95. The number of esters is 2. The second-order valence-electron chi connectivity index (χ2n) is 5.26. The van der Waals surface area contributed by atoms with Crippen LogP contribution in [0.25, 0.3) is 0 Å². The van der Waals surface area contributed by atoms with Gasteiger partial charge in [-0.2, -0.15) is 0 Å². The molecule has 2 aliphatic carbocycles. The average molecular weight is 206 g/mol. The summed E-state index contributed by atoms with van der Waals surface area (Å²) in [5.74, 6) is -1.55. The summed E-state index contributed by atoms with van der Waals surface area (Å²) < 4.78 is 10.4. The van der Waals surface area contributed by atoms with Gasteiger partial charge in [0.15, 0.2) is 0 Å². The quantitative estimate of drug-likeness (QED) is 0.249. The minimum absolute atomic E-state index is 0.338. The van der Waals surface area contributed by atoms with E-state index in [2.05, 4.69) is 0 Å². The molecule has 2 aliphatic heterocycles. The van der Waals surface area contributed by atoms with E-state index in [4.69, 9.17) is 9.47 Å². The first-order valence-electron chi connectivity index (χ1n) is 5.12. The van der Waals surface area contributed by atoms with Crippen molar-refractivity contribution in [2.24, 2.45) is 17.3 Å². The molecule has 4 unspecified atom stereocenters. The van der Waals surface area contributed by atoms with Gasteiger partial charge in [0.25, 0.3) is 0 Å². The number of hydrogen-bond acceptors (Lipinski definition) is 4. The molecule has 0 aromatic rings. The van der Waals surface area contributed by atoms with Gasteiger partial charge >= 0.3 is 11.9 Å². The molecule has 2 saturated heterocycles. The van der Waals surface area contributed by atoms with Crippen molar-refractivity contribution in [2.45, 2.75) is 25.0 Å². The SMILES string of the molecule is CC12C=C[C@]13OC3(C)C1C(=O)OC(=O)C12. The molecule has 0 aromatic heterocycles. The fraction of sp³-hybridized carbons (Fsp3) is 0.636. The van der Waals surface area contributed by atoms with Gasteiger partial charge in [-0.3, -0.25) is 9.59 Å². The summed E-state index contributed by atoms with van der Waals surface area (Å²) in [5, 5.41) is 0. The van der Waals surface area contributed by atoms with Crippen LogP contribution in [0, 0.1) is 17.3 Å². The Morgan fingerprint density at radius 2 is 1.80 bits per heavy atom. The molecule has 4 aliphatic rings. The van der Waals surface area contributed by atoms with Crippen molar-refractivity contribution in [3.63, 3.8) is 0 Å². The van der Waals surface area contributed by atoms with Crippen LogP contribution in [0.2, 0.25) is 0 Å². The van der Waals surface area contributed by atoms with Gasteiger partial charge in [0, 0.05) is 5.41 Å². The smallest absolute Gasteiger partial charge is 0.320 e. The van der Waals surface area contributed by atoms with Crippen LogP contribution in [-0.4, -0.2) is 23.1 Å². The summed E-state index contributed by atoms with van der Waals surface area (Å²) in [6, 6.07) is 0. The maximum Gasteiger partial charge on any atom is 0.320 e. The van der Waals surface area contributed by atoms with E-state index in [0.29, 0.717) is 0 Å². The highest BCUT2D eigenvalue weighted by molar-refractivity contribution is 6.00. The van der Waals surface area contributed by atoms with E-state index < -0.39 is 17.5 Å². The highest BCUT2D eigenvalue weighted by Gasteiger charge is 2.91. The van der Waals surface area contributed by atoms with Crippen LogP contribution in [0.1, 0.15) is 13.8 Å². The molecular weight excluding hydrogens is 196 g/mol. The van der Waals surface area contributed by atoms with Crippen LogP contribution in [0.4, 0.5) is 0 Å². The molecule has 0 radical (unpaired) electrons. The van der Waals surface area contributed by atoms with Gasteiger partial charge in [0.1, 0.15) is 17.1 Å². The Bertz CT molecular complexity index is 467. The van der Waals surface area contributed by atoms with Crippen molar-refractivity contribution >= 4 is 11.9 Å². The molecule has 1 spiro atoms. The second kappa shape index (κ2) is 1.67. The summed E-state index contributed by atoms with van der Waals surface area (Å²) in [7, 11) is 0. The van der Waals surface area contributed by atoms with Gasteiger partial charge in [-0.1, -0.05) is 19.1 Å². The van der Waals surface area contributed by atoms with Gasteiger partial charge in [-0.25, -0.2) is 0 Å². The lowest BCUT2D eigenvalue weighted by Gasteiger charge is -2.38. The number of fused-ring (bicyclic) bond motifs is 3. The molecule has 4 heteroatoms. The molecular formula is C11H10O4. The molecule has 15 heavy (non-hydrogen) atoms. The Balaban J connectivity index is 1.97. The van der Waals surface area contributed by atoms with E-state index >= 15 is 0 Å². The Morgan fingerprint density at radius 3 is 2.40 bits per heavy atom. The van der Waals surface area contributed by atoms with E-state index in [9.17, 15) is 9.59 Å². The zero-order chi connectivity index (χ0) is 10.6. The van der Waals surface area contributed by atoms with Crippen molar-refractivity contribution in [3.05, 3.63) is 12.2 Å². The van der Waals surface area contributed by atoms with Crippen LogP contribution in [-0.2, 0) is 19.1 Å². The molecule has 78 valence electrons. The number of epoxide rings is 1. The maximum absolute atomic E-state index is 11.6. The Kier molecular flexibility index (Phi) is 0.895. The first-order chi connectivity index (χ1) is 6.96. The number of carbonyl (C=O) groups excluding carboxylic acids is 2. The summed E-state index contributed by atoms with van der Waals surface area (Å²) in [4.78, 5) is 23.2. The monoisotopic (exact) mass is 206 g/mol. The van der Waals surface area contributed by atoms with Crippen molar-refractivity contribution in [2.75, 3.05) is 0 Å². The third-order valence-corrected chi connectivity index (χ3v) is 4.82. The number of ether oxygens (including phenoxy) is 2. The van der Waals surface area contributed by atoms with Crippen molar-refractivity contribution in [1.29, 1.82) is 0 Å². The molecule has 1 saturated carbocycles. The third-order valence-electron chi connectivity index (χ3n) is 4.82. The van der Waals surface area contributed by atoms with Crippen LogP contribution in [0.3, 0.4) is 0 Å². The normalized spacial score (nSPS) is 63.1. The first kappa shape index (κ1) is 8.05. The molecule has 0 bridgehead atoms. The highest BCUT2D eigenvalue weighted by atomic mass is 16.6. The van der Waals surface area contributed by atoms with Gasteiger partial charge in [0.05, 0.1) is 5.92 Å². The number of carbonyl (C=O) groups is 2. The standard InChI is InChI=1S/C11H10O4/c1-9-3-4-11(9)10(2,15-11)6-5(9)7(12)14-8(6)13/h3-6H,1-2H3/t5?,6?,9?,10?,11-/m0/s1. The third kappa shape index (κ3) is 0.484. The number of cyclic esters (lactones) is 2. The first-order valence-corrected chi connectivity index (χ1v) is 5.12. The molecule has 2 heterocycles. The van der Waals surface area contributed by atoms with Crippen molar-refractivity contribution in [1.82, 2.24) is 0 Å². The lowest BCUT2D eigenvalue weighted by Crippen LogP contribution is -2.44. The summed E-state index contributed by atoms with van der Waals surface area (Å²) in [5.41, 5.74) is -1.22. The van der Waals surface area contributed by atoms with Gasteiger partial charge < -0.3 is 9.47 Å². The zero-order valence-electron chi connectivity index (χ0n) is 8.44. The van der Waals surface area contributed by atoms with E-state index in [-0.39, 0.29) is 22.9 Å². The molecule has 0 N–H and O–H groups in total. The fourth-order valence-electron chi connectivity index (χ4n) is 3.91. The van der Waals surface area contributed by atoms with Crippen molar-refractivity contribution in [3.8, 4) is 0 Å². The number of rotatable bonds is 0. The molecule has 4 rings (SSSR count). The van der Waals surface area contributed by atoms with E-state index in [1.54, 1.807) is 0 Å². The Labute approximate surface area is 86.2 Å². The van der Waals surface area contributed by atoms with Gasteiger partial charge in [-0.05, 0) is 6.92 Å². The van der Waals surface area contributed by atoms with Crippen LogP contribution in [0.5, 0.6) is 0 Å². The van der Waals surface area contributed by atoms with E-state index in [1.807, 2.05) is 26.0 Å². The average Bonchev–Trinajstić information content (AvgIpc) is 2.67. The Hall–Kier alpha value is -1.16. The maximum atomic E-state index is 11.6. The predicted molar refractivity (Wildman–Crippen MR) is 47.5 cm³/mol. The van der Waals surface area contributed by atoms with Gasteiger partial charge in [0.2, 0.25) is 0 Å². The van der Waals surface area contributed by atoms with Crippen LogP contribution in [0.15, 0.2) is 12.2 Å². The lowest BCUT2D eigenvalue weighted by atomic mass is 9.64. The molecule has 0 amide bonds. The molecule has 3 fully saturated rings.